The van der Waals surface area contributed by atoms with Crippen LogP contribution in [-0.4, -0.2) is 51.7 Å². The Balaban J connectivity index is 1.41. The lowest BCUT2D eigenvalue weighted by Crippen LogP contribution is -2.54. The van der Waals surface area contributed by atoms with Gasteiger partial charge in [0.05, 0.1) is 5.52 Å². The molecule has 3 aromatic rings. The molecule has 2 aromatic heterocycles. The molecule has 2 bridgehead atoms. The molecule has 0 radical (unpaired) electrons. The Labute approximate surface area is 149 Å². The van der Waals surface area contributed by atoms with Gasteiger partial charge in [-0.1, -0.05) is 6.07 Å². The van der Waals surface area contributed by atoms with Gasteiger partial charge in [-0.05, 0) is 38.4 Å². The minimum atomic E-state index is -0.0842. The number of amides is 1. The van der Waals surface area contributed by atoms with E-state index in [1.807, 2.05) is 30.5 Å². The maximum absolute atomic E-state index is 12.7. The highest BCUT2D eigenvalue weighted by Gasteiger charge is 2.51. The van der Waals surface area contributed by atoms with E-state index in [2.05, 4.69) is 32.4 Å². The summed E-state index contributed by atoms with van der Waals surface area (Å²) in [7, 11) is 2.13. The molecule has 1 amide bonds. The molecule has 3 unspecified atom stereocenters. The number of carbonyl (C=O) groups excluding carboxylic acids is 1. The number of aryl methyl sites for hydroxylation is 1. The van der Waals surface area contributed by atoms with Gasteiger partial charge in [0, 0.05) is 40.7 Å². The van der Waals surface area contributed by atoms with E-state index in [1.54, 1.807) is 11.3 Å². The van der Waals surface area contributed by atoms with E-state index in [-0.39, 0.29) is 11.9 Å². The molecule has 0 spiro atoms. The molecule has 1 saturated carbocycles. The summed E-state index contributed by atoms with van der Waals surface area (Å²) in [5, 5.41) is 14.3. The summed E-state index contributed by atoms with van der Waals surface area (Å²) in [5.41, 5.74) is 3.40. The topological polar surface area (TPSA) is 73.9 Å². The lowest BCUT2D eigenvalue weighted by molar-refractivity contribution is 0.0872. The molecule has 3 aliphatic rings. The van der Waals surface area contributed by atoms with Crippen LogP contribution in [0.15, 0.2) is 23.6 Å². The van der Waals surface area contributed by atoms with Crippen molar-refractivity contribution in [3.05, 3.63) is 35.0 Å². The van der Waals surface area contributed by atoms with Crippen molar-refractivity contribution >= 4 is 28.1 Å². The van der Waals surface area contributed by atoms with Crippen LogP contribution >= 0.6 is 11.3 Å². The Bertz CT molecular complexity index is 977. The predicted molar refractivity (Wildman–Crippen MR) is 97.7 cm³/mol. The van der Waals surface area contributed by atoms with E-state index in [1.165, 1.54) is 6.42 Å². The van der Waals surface area contributed by atoms with Gasteiger partial charge in [0.2, 0.25) is 0 Å². The fourth-order valence-corrected chi connectivity index (χ4v) is 4.91. The van der Waals surface area contributed by atoms with Gasteiger partial charge in [0.1, 0.15) is 5.01 Å². The van der Waals surface area contributed by atoms with Crippen molar-refractivity contribution in [2.24, 2.45) is 5.92 Å². The number of likely N-dealkylation sites (N-methyl/N-ethyl adjacent to an activating group) is 1. The molecule has 3 atom stereocenters. The molecule has 6 rings (SSSR count). The first-order valence-electron chi connectivity index (χ1n) is 8.52. The molecule has 128 valence electrons. The van der Waals surface area contributed by atoms with Crippen LogP contribution in [-0.2, 0) is 0 Å². The van der Waals surface area contributed by atoms with Crippen LogP contribution in [0, 0.1) is 12.8 Å². The van der Waals surface area contributed by atoms with Crippen LogP contribution in [0.25, 0.3) is 21.5 Å². The van der Waals surface area contributed by atoms with Gasteiger partial charge in [-0.25, -0.2) is 4.98 Å². The number of nitrogens with one attached hydrogen (secondary N) is 2. The zero-order valence-electron chi connectivity index (χ0n) is 14.1. The van der Waals surface area contributed by atoms with Gasteiger partial charge in [0.15, 0.2) is 5.69 Å². The molecule has 7 heteroatoms. The number of carbonyl (C=O) groups is 1. The highest BCUT2D eigenvalue weighted by molar-refractivity contribution is 7.13. The number of hydrogen-bond acceptors (Lipinski definition) is 5. The van der Waals surface area contributed by atoms with E-state index >= 15 is 0 Å². The number of aromatic nitrogens is 3. The number of thiazole rings is 1. The molecule has 25 heavy (non-hydrogen) atoms. The summed E-state index contributed by atoms with van der Waals surface area (Å²) in [6.45, 7) is 3.07. The second-order valence-corrected chi connectivity index (χ2v) is 7.99. The van der Waals surface area contributed by atoms with Crippen LogP contribution < -0.4 is 5.32 Å². The van der Waals surface area contributed by atoms with Crippen LogP contribution in [0.2, 0.25) is 0 Å². The number of hydrogen-bond donors (Lipinski definition) is 2. The third-order valence-electron chi connectivity index (χ3n) is 5.50. The number of rotatable bonds is 3. The summed E-state index contributed by atoms with van der Waals surface area (Å²) in [6, 6.07) is 6.73. The second-order valence-electron chi connectivity index (χ2n) is 7.13. The summed E-state index contributed by atoms with van der Waals surface area (Å²) < 4.78 is 0. The normalized spacial score (nSPS) is 25.3. The van der Waals surface area contributed by atoms with Crippen LogP contribution in [0.3, 0.4) is 0 Å². The standard InChI is InChI=1S/C18H19N5OS/c1-9-8-25-18(19-9)10-3-4-12-13(5-10)21-22-16(12)17(24)20-15-11-6-14(15)23(2)7-11/h3-5,8,11,14-15H,6-7H2,1-2H3,(H,20,24)(H,21,22). The van der Waals surface area contributed by atoms with Gasteiger partial charge in [0.25, 0.3) is 5.91 Å². The van der Waals surface area contributed by atoms with Crippen LogP contribution in [0.5, 0.6) is 0 Å². The molecular weight excluding hydrogens is 334 g/mol. The van der Waals surface area contributed by atoms with E-state index < -0.39 is 0 Å². The SMILES string of the molecule is Cc1csc(-c2ccc3c(C(=O)NC4C5CC4N(C)C5)n[nH]c3c2)n1. The van der Waals surface area contributed by atoms with Gasteiger partial charge in [-0.3, -0.25) is 9.89 Å². The zero-order valence-corrected chi connectivity index (χ0v) is 14.9. The van der Waals surface area contributed by atoms with E-state index in [9.17, 15) is 4.79 Å². The largest absolute Gasteiger partial charge is 0.346 e. The maximum atomic E-state index is 12.7. The zero-order chi connectivity index (χ0) is 17.1. The Hall–Kier alpha value is -2.25. The number of nitrogens with zero attached hydrogens (tertiary/aromatic N) is 3. The molecule has 3 fully saturated rings. The van der Waals surface area contributed by atoms with Crippen molar-refractivity contribution in [3.63, 3.8) is 0 Å². The van der Waals surface area contributed by atoms with Gasteiger partial charge < -0.3 is 10.2 Å². The van der Waals surface area contributed by atoms with Crippen LogP contribution in [0.1, 0.15) is 22.6 Å². The molecular formula is C18H19N5OS. The van der Waals surface area contributed by atoms with Gasteiger partial charge in [-0.15, -0.1) is 11.3 Å². The third-order valence-corrected chi connectivity index (χ3v) is 6.51. The monoisotopic (exact) mass is 353 g/mol. The predicted octanol–water partition coefficient (Wildman–Crippen LogP) is 2.43. The number of aromatic amines is 1. The van der Waals surface area contributed by atoms with Crippen molar-refractivity contribution in [3.8, 4) is 10.6 Å². The Morgan fingerprint density at radius 2 is 2.32 bits per heavy atom. The molecule has 2 saturated heterocycles. The summed E-state index contributed by atoms with van der Waals surface area (Å²) in [4.78, 5) is 19.5. The average molecular weight is 353 g/mol. The first kappa shape index (κ1) is 15.0. The lowest BCUT2D eigenvalue weighted by Gasteiger charge is -2.36. The second kappa shape index (κ2) is 5.37. The van der Waals surface area contributed by atoms with Crippen molar-refractivity contribution < 1.29 is 4.79 Å². The molecule has 2 aliphatic heterocycles. The Kier molecular flexibility index (Phi) is 3.23. The molecule has 4 heterocycles. The van der Waals surface area contributed by atoms with E-state index in [0.717, 1.165) is 33.7 Å². The highest BCUT2D eigenvalue weighted by atomic mass is 32.1. The van der Waals surface area contributed by atoms with E-state index in [4.69, 9.17) is 0 Å². The van der Waals surface area contributed by atoms with Crippen molar-refractivity contribution in [1.82, 2.24) is 25.4 Å². The Morgan fingerprint density at radius 1 is 1.44 bits per heavy atom. The quantitative estimate of drug-likeness (QED) is 0.758. The third kappa shape index (κ3) is 2.30. The van der Waals surface area contributed by atoms with E-state index in [0.29, 0.717) is 17.7 Å². The first-order valence-corrected chi connectivity index (χ1v) is 9.40. The van der Waals surface area contributed by atoms with Gasteiger partial charge >= 0.3 is 0 Å². The minimum Gasteiger partial charge on any atom is -0.346 e. The summed E-state index contributed by atoms with van der Waals surface area (Å²) >= 11 is 1.62. The maximum Gasteiger partial charge on any atom is 0.272 e. The van der Waals surface area contributed by atoms with Crippen molar-refractivity contribution in [2.75, 3.05) is 13.6 Å². The number of benzene rings is 1. The van der Waals surface area contributed by atoms with Crippen molar-refractivity contribution in [1.29, 1.82) is 0 Å². The summed E-state index contributed by atoms with van der Waals surface area (Å²) in [6.07, 6.45) is 1.19. The number of fused-ring (bicyclic) bond motifs is 2. The average Bonchev–Trinajstić information content (AvgIpc) is 3.33. The number of H-pyrrole nitrogens is 1. The van der Waals surface area contributed by atoms with Crippen molar-refractivity contribution in [2.45, 2.75) is 25.4 Å². The smallest absolute Gasteiger partial charge is 0.272 e. The van der Waals surface area contributed by atoms with Gasteiger partial charge in [-0.2, -0.15) is 5.10 Å². The highest BCUT2D eigenvalue weighted by Crippen LogP contribution is 2.40. The Morgan fingerprint density at radius 3 is 3.00 bits per heavy atom. The molecule has 6 nitrogen and oxygen atoms in total. The molecule has 1 aliphatic carbocycles. The lowest BCUT2D eigenvalue weighted by atomic mass is 9.80. The minimum absolute atomic E-state index is 0.0842. The summed E-state index contributed by atoms with van der Waals surface area (Å²) in [5.74, 6) is 0.503. The fraction of sp³-hybridized carbons (Fsp3) is 0.389. The first-order chi connectivity index (χ1) is 12.1. The van der Waals surface area contributed by atoms with Crippen LogP contribution in [0.4, 0.5) is 0 Å². The fourth-order valence-electron chi connectivity index (χ4n) is 4.12. The molecule has 2 N–H and O–H groups in total. The molecule has 1 aromatic carbocycles.